The monoisotopic (exact) mass is 214 g/mol. The van der Waals surface area contributed by atoms with Crippen molar-refractivity contribution in [2.45, 2.75) is 6.92 Å². The molecule has 1 aromatic rings. The quantitative estimate of drug-likeness (QED) is 0.596. The summed E-state index contributed by atoms with van der Waals surface area (Å²) in [7, 11) is 0. The molecule has 0 aliphatic carbocycles. The largest absolute Gasteiger partial charge is 0.477 e. The second kappa shape index (κ2) is 4.50. The van der Waals surface area contributed by atoms with Crippen molar-refractivity contribution in [3.63, 3.8) is 0 Å². The predicted molar refractivity (Wildman–Crippen MR) is 50.7 cm³/mol. The molecule has 0 aromatic heterocycles. The van der Waals surface area contributed by atoms with Gasteiger partial charge in [-0.1, -0.05) is 0 Å². The highest BCUT2D eigenvalue weighted by Crippen LogP contribution is 2.12. The first-order chi connectivity index (χ1) is 7.00. The van der Waals surface area contributed by atoms with Crippen LogP contribution in [0.5, 0.6) is 0 Å². The van der Waals surface area contributed by atoms with Crippen LogP contribution < -0.4 is 5.43 Å². The lowest BCUT2D eigenvalue weighted by Crippen LogP contribution is -2.10. The molecule has 1 aromatic carbocycles. The van der Waals surface area contributed by atoms with Crippen molar-refractivity contribution >= 4 is 17.4 Å². The van der Waals surface area contributed by atoms with Crippen LogP contribution in [0.2, 0.25) is 0 Å². The number of carboxylic acids is 1. The van der Waals surface area contributed by atoms with Gasteiger partial charge in [0.15, 0.2) is 11.6 Å². The van der Waals surface area contributed by atoms with Crippen molar-refractivity contribution in [1.29, 1.82) is 0 Å². The number of rotatable bonds is 3. The van der Waals surface area contributed by atoms with Gasteiger partial charge in [0.05, 0.1) is 5.69 Å². The molecule has 1 rings (SSSR count). The summed E-state index contributed by atoms with van der Waals surface area (Å²) in [5.41, 5.74) is 2.29. The molecule has 0 radical (unpaired) electrons. The summed E-state index contributed by atoms with van der Waals surface area (Å²) < 4.78 is 25.2. The summed E-state index contributed by atoms with van der Waals surface area (Å²) in [6.07, 6.45) is 0. The molecule has 4 nitrogen and oxygen atoms in total. The molecule has 0 unspecified atom stereocenters. The molecule has 0 amide bonds. The zero-order chi connectivity index (χ0) is 11.4. The molecule has 0 heterocycles. The SMILES string of the molecule is C/C(=N/Nc1ccc(F)c(F)c1)C(=O)O. The third kappa shape index (κ3) is 3.01. The number of carbonyl (C=O) groups is 1. The zero-order valence-electron chi connectivity index (χ0n) is 7.79. The van der Waals surface area contributed by atoms with Crippen LogP contribution in [-0.2, 0) is 4.79 Å². The van der Waals surface area contributed by atoms with Gasteiger partial charge in [-0.05, 0) is 19.1 Å². The van der Waals surface area contributed by atoms with Crippen LogP contribution in [-0.4, -0.2) is 16.8 Å². The minimum absolute atomic E-state index is 0.175. The highest BCUT2D eigenvalue weighted by Gasteiger charge is 2.03. The molecule has 0 saturated heterocycles. The number of halogens is 2. The van der Waals surface area contributed by atoms with Gasteiger partial charge in [-0.25, -0.2) is 13.6 Å². The Balaban J connectivity index is 2.78. The molecule has 0 fully saturated rings. The number of aliphatic carboxylic acids is 1. The number of carboxylic acid groups (broad SMARTS) is 1. The lowest BCUT2D eigenvalue weighted by Gasteiger charge is -2.01. The van der Waals surface area contributed by atoms with Gasteiger partial charge in [0, 0.05) is 6.07 Å². The number of hydrogen-bond donors (Lipinski definition) is 2. The molecule has 0 saturated carbocycles. The second-order valence-corrected chi connectivity index (χ2v) is 2.74. The van der Waals surface area contributed by atoms with Gasteiger partial charge in [-0.3, -0.25) is 5.43 Å². The molecule has 0 aliphatic rings. The smallest absolute Gasteiger partial charge is 0.351 e. The molecule has 0 spiro atoms. The van der Waals surface area contributed by atoms with Gasteiger partial charge >= 0.3 is 5.97 Å². The van der Waals surface area contributed by atoms with Crippen molar-refractivity contribution in [2.75, 3.05) is 5.43 Å². The fraction of sp³-hybridized carbons (Fsp3) is 0.111. The molecular formula is C9H8F2N2O2. The Morgan fingerprint density at radius 2 is 2.07 bits per heavy atom. The van der Waals surface area contributed by atoms with E-state index in [0.29, 0.717) is 0 Å². The second-order valence-electron chi connectivity index (χ2n) is 2.74. The van der Waals surface area contributed by atoms with E-state index in [1.54, 1.807) is 0 Å². The number of anilines is 1. The standard InChI is InChI=1S/C9H8F2N2O2/c1-5(9(14)15)12-13-6-2-3-7(10)8(11)4-6/h2-4,13H,1H3,(H,14,15)/b12-5-. The van der Waals surface area contributed by atoms with Crippen molar-refractivity contribution in [3.8, 4) is 0 Å². The molecule has 0 atom stereocenters. The van der Waals surface area contributed by atoms with E-state index in [9.17, 15) is 13.6 Å². The third-order valence-corrected chi connectivity index (χ3v) is 1.58. The molecule has 15 heavy (non-hydrogen) atoms. The lowest BCUT2D eigenvalue weighted by atomic mass is 10.3. The third-order valence-electron chi connectivity index (χ3n) is 1.58. The first-order valence-electron chi connectivity index (χ1n) is 3.99. The Bertz CT molecular complexity index is 419. The van der Waals surface area contributed by atoms with E-state index in [-0.39, 0.29) is 11.4 Å². The minimum atomic E-state index is -1.19. The van der Waals surface area contributed by atoms with E-state index in [2.05, 4.69) is 10.5 Å². The van der Waals surface area contributed by atoms with Gasteiger partial charge in [-0.15, -0.1) is 0 Å². The van der Waals surface area contributed by atoms with Crippen LogP contribution in [0.15, 0.2) is 23.3 Å². The van der Waals surface area contributed by atoms with Crippen molar-refractivity contribution in [1.82, 2.24) is 0 Å². The van der Waals surface area contributed by atoms with Crippen molar-refractivity contribution in [2.24, 2.45) is 5.10 Å². The first-order valence-corrected chi connectivity index (χ1v) is 3.99. The van der Waals surface area contributed by atoms with E-state index in [1.807, 2.05) is 0 Å². The van der Waals surface area contributed by atoms with Gasteiger partial charge in [0.2, 0.25) is 0 Å². The average Bonchev–Trinajstić information content (AvgIpc) is 2.19. The summed E-state index contributed by atoms with van der Waals surface area (Å²) in [4.78, 5) is 10.3. The normalized spacial score (nSPS) is 11.3. The molecule has 0 aliphatic heterocycles. The van der Waals surface area contributed by atoms with E-state index in [1.165, 1.54) is 13.0 Å². The lowest BCUT2D eigenvalue weighted by molar-refractivity contribution is -0.129. The Hall–Kier alpha value is -1.98. The average molecular weight is 214 g/mol. The number of hydrogen-bond acceptors (Lipinski definition) is 3. The summed E-state index contributed by atoms with van der Waals surface area (Å²) in [5.74, 6) is -3.19. The van der Waals surface area contributed by atoms with Crippen LogP contribution >= 0.6 is 0 Å². The van der Waals surface area contributed by atoms with Crippen molar-refractivity contribution in [3.05, 3.63) is 29.8 Å². The summed E-state index contributed by atoms with van der Waals surface area (Å²) in [6, 6.07) is 3.05. The maximum atomic E-state index is 12.7. The Morgan fingerprint density at radius 1 is 1.40 bits per heavy atom. The molecule has 6 heteroatoms. The first kappa shape index (κ1) is 11.1. The summed E-state index contributed by atoms with van der Waals surface area (Å²) in [5, 5.41) is 11.9. The topological polar surface area (TPSA) is 61.7 Å². The predicted octanol–water partition coefficient (Wildman–Crippen LogP) is 1.84. The Kier molecular flexibility index (Phi) is 3.33. The molecule has 0 bridgehead atoms. The van der Waals surface area contributed by atoms with E-state index < -0.39 is 17.6 Å². The Labute approximate surface area is 84.2 Å². The zero-order valence-corrected chi connectivity index (χ0v) is 7.79. The van der Waals surface area contributed by atoms with Gasteiger partial charge in [0.25, 0.3) is 0 Å². The van der Waals surface area contributed by atoms with Gasteiger partial charge in [-0.2, -0.15) is 5.10 Å². The molecular weight excluding hydrogens is 206 g/mol. The maximum absolute atomic E-state index is 12.7. The van der Waals surface area contributed by atoms with E-state index >= 15 is 0 Å². The highest BCUT2D eigenvalue weighted by molar-refractivity contribution is 6.34. The maximum Gasteiger partial charge on any atom is 0.351 e. The molecule has 80 valence electrons. The Morgan fingerprint density at radius 3 is 2.60 bits per heavy atom. The van der Waals surface area contributed by atoms with Crippen LogP contribution in [0.25, 0.3) is 0 Å². The number of nitrogens with zero attached hydrogens (tertiary/aromatic N) is 1. The fourth-order valence-electron chi connectivity index (χ4n) is 0.762. The number of hydrazone groups is 1. The number of benzene rings is 1. The summed E-state index contributed by atoms with van der Waals surface area (Å²) >= 11 is 0. The minimum Gasteiger partial charge on any atom is -0.477 e. The fourth-order valence-corrected chi connectivity index (χ4v) is 0.762. The van der Waals surface area contributed by atoms with Crippen LogP contribution in [0.1, 0.15) is 6.92 Å². The highest BCUT2D eigenvalue weighted by atomic mass is 19.2. The molecule has 2 N–H and O–H groups in total. The van der Waals surface area contributed by atoms with Gasteiger partial charge < -0.3 is 5.11 Å². The van der Waals surface area contributed by atoms with E-state index in [0.717, 1.165) is 12.1 Å². The van der Waals surface area contributed by atoms with E-state index in [4.69, 9.17) is 5.11 Å². The number of nitrogens with one attached hydrogen (secondary N) is 1. The van der Waals surface area contributed by atoms with Crippen molar-refractivity contribution < 1.29 is 18.7 Å². The van der Waals surface area contributed by atoms with Crippen LogP contribution in [0.4, 0.5) is 14.5 Å². The van der Waals surface area contributed by atoms with Gasteiger partial charge in [0.1, 0.15) is 5.71 Å². The van der Waals surface area contributed by atoms with Crippen LogP contribution in [0.3, 0.4) is 0 Å². The van der Waals surface area contributed by atoms with Crippen LogP contribution in [0, 0.1) is 11.6 Å². The summed E-state index contributed by atoms with van der Waals surface area (Å²) in [6.45, 7) is 1.27.